The number of rotatable bonds is 3. The van der Waals surface area contributed by atoms with Gasteiger partial charge in [0, 0.05) is 0 Å². The number of carbonyl (C=O) groups excluding carboxylic acids is 1. The lowest BCUT2D eigenvalue weighted by Gasteiger charge is -2.33. The van der Waals surface area contributed by atoms with Crippen molar-refractivity contribution in [3.8, 4) is 0 Å². The molecule has 0 fully saturated rings. The first kappa shape index (κ1) is 11.8. The largest absolute Gasteiger partial charge is 0.439 e. The quantitative estimate of drug-likeness (QED) is 0.637. The molecule has 0 saturated carbocycles. The van der Waals surface area contributed by atoms with Crippen LogP contribution in [0.2, 0.25) is 0 Å². The minimum absolute atomic E-state index is 0.910. The summed E-state index contributed by atoms with van der Waals surface area (Å²) >= 11 is -0.910. The SMILES string of the molecule is C=IC(C)(F)C(C)(C)OC(N)=O. The van der Waals surface area contributed by atoms with Gasteiger partial charge in [-0.25, -0.2) is 9.18 Å². The van der Waals surface area contributed by atoms with Crippen molar-refractivity contribution in [1.29, 1.82) is 0 Å². The molecular weight excluding hydrogens is 276 g/mol. The average Bonchev–Trinajstić information content (AvgIpc) is 1.84. The van der Waals surface area contributed by atoms with Gasteiger partial charge in [0.2, 0.25) is 0 Å². The third kappa shape index (κ3) is 2.69. The van der Waals surface area contributed by atoms with Crippen LogP contribution in [0.4, 0.5) is 9.18 Å². The number of alkyl halides is 2. The summed E-state index contributed by atoms with van der Waals surface area (Å²) in [7, 11) is 0. The Morgan fingerprint density at radius 2 is 2.00 bits per heavy atom. The molecule has 0 aromatic carbocycles. The van der Waals surface area contributed by atoms with Crippen LogP contribution >= 0.6 is 20.7 Å². The van der Waals surface area contributed by atoms with Crippen LogP contribution in [0.15, 0.2) is 0 Å². The van der Waals surface area contributed by atoms with Crippen LogP contribution in [-0.2, 0) is 4.74 Å². The molecule has 2 N–H and O–H groups in total. The Morgan fingerprint density at radius 3 is 2.25 bits per heavy atom. The lowest BCUT2D eigenvalue weighted by atomic mass is 10.1. The molecule has 0 aromatic heterocycles. The van der Waals surface area contributed by atoms with Crippen LogP contribution < -0.4 is 5.73 Å². The Kier molecular flexibility index (Phi) is 3.61. The van der Waals surface area contributed by atoms with Crippen molar-refractivity contribution in [2.45, 2.75) is 30.0 Å². The van der Waals surface area contributed by atoms with E-state index in [0.717, 1.165) is 0 Å². The number of ether oxygens (including phenoxy) is 1. The summed E-state index contributed by atoms with van der Waals surface area (Å²) in [4.78, 5) is 10.4. The first-order valence-electron chi connectivity index (χ1n) is 3.30. The van der Waals surface area contributed by atoms with E-state index >= 15 is 0 Å². The van der Waals surface area contributed by atoms with Crippen molar-refractivity contribution in [1.82, 2.24) is 0 Å². The van der Waals surface area contributed by atoms with Gasteiger partial charge in [-0.15, -0.1) is 0 Å². The Balaban J connectivity index is 4.59. The molecule has 0 saturated heterocycles. The van der Waals surface area contributed by atoms with Crippen LogP contribution in [0.3, 0.4) is 0 Å². The summed E-state index contributed by atoms with van der Waals surface area (Å²) in [5, 5.41) is 0. The highest BCUT2D eigenvalue weighted by atomic mass is 127. The standard InChI is InChI=1S/C7H13FINO2/c1-6(2,12-5(10)11)7(3,8)9-4/h4H2,1-3H3,(H2,10,11). The van der Waals surface area contributed by atoms with Gasteiger partial charge in [0.15, 0.2) is 9.28 Å². The van der Waals surface area contributed by atoms with Gasteiger partial charge in [-0.1, -0.05) is 25.2 Å². The average molecular weight is 289 g/mol. The summed E-state index contributed by atoms with van der Waals surface area (Å²) in [5.41, 5.74) is 3.61. The molecule has 0 bridgehead atoms. The van der Waals surface area contributed by atoms with Crippen molar-refractivity contribution < 1.29 is 13.9 Å². The molecule has 72 valence electrons. The highest BCUT2D eigenvalue weighted by Gasteiger charge is 2.43. The van der Waals surface area contributed by atoms with Gasteiger partial charge in [-0.2, -0.15) is 0 Å². The molecule has 5 heteroatoms. The molecule has 0 heterocycles. The number of halogens is 2. The van der Waals surface area contributed by atoms with Gasteiger partial charge >= 0.3 is 6.09 Å². The number of carbonyl (C=O) groups is 1. The van der Waals surface area contributed by atoms with Gasteiger partial charge in [0.1, 0.15) is 0 Å². The normalized spacial score (nSPS) is 16.7. The van der Waals surface area contributed by atoms with E-state index in [9.17, 15) is 9.18 Å². The maximum atomic E-state index is 13.6. The molecular formula is C7H13FINO2. The van der Waals surface area contributed by atoms with E-state index < -0.39 is 36.1 Å². The van der Waals surface area contributed by atoms with Crippen molar-refractivity contribution in [2.75, 3.05) is 0 Å². The third-order valence-electron chi connectivity index (χ3n) is 1.66. The molecule has 0 radical (unpaired) electrons. The Hall–Kier alpha value is -0.200. The maximum absolute atomic E-state index is 13.6. The van der Waals surface area contributed by atoms with Gasteiger partial charge in [-0.3, -0.25) is 0 Å². The second-order valence-electron chi connectivity index (χ2n) is 2.95. The minimum atomic E-state index is -1.55. The van der Waals surface area contributed by atoms with Crippen LogP contribution in [0.1, 0.15) is 20.8 Å². The van der Waals surface area contributed by atoms with Gasteiger partial charge in [0.25, 0.3) is 0 Å². The fourth-order valence-corrected chi connectivity index (χ4v) is 1.53. The Labute approximate surface area is 81.2 Å². The van der Waals surface area contributed by atoms with E-state index in [4.69, 9.17) is 5.73 Å². The number of amides is 1. The zero-order valence-electron chi connectivity index (χ0n) is 7.36. The topological polar surface area (TPSA) is 52.3 Å². The van der Waals surface area contributed by atoms with E-state index in [-0.39, 0.29) is 0 Å². The van der Waals surface area contributed by atoms with E-state index in [2.05, 4.69) is 9.25 Å². The smallest absolute Gasteiger partial charge is 0.405 e. The number of hydrogen-bond donors (Lipinski definition) is 1. The van der Waals surface area contributed by atoms with Crippen LogP contribution in [0, 0.1) is 0 Å². The number of hydrogen-bond acceptors (Lipinski definition) is 2. The van der Waals surface area contributed by atoms with Gasteiger partial charge < -0.3 is 10.5 Å². The second kappa shape index (κ2) is 3.68. The van der Waals surface area contributed by atoms with Crippen molar-refractivity contribution >= 4 is 31.3 Å². The lowest BCUT2D eigenvalue weighted by Crippen LogP contribution is -2.44. The van der Waals surface area contributed by atoms with Crippen molar-refractivity contribution in [3.63, 3.8) is 0 Å². The Morgan fingerprint density at radius 1 is 1.58 bits per heavy atom. The summed E-state index contributed by atoms with van der Waals surface area (Å²) in [6.07, 6.45) is -0.957. The van der Waals surface area contributed by atoms with Gasteiger partial charge in [-0.05, 0) is 20.8 Å². The number of primary amides is 1. The van der Waals surface area contributed by atoms with Crippen LogP contribution in [0.5, 0.6) is 0 Å². The van der Waals surface area contributed by atoms with Crippen LogP contribution in [0.25, 0.3) is 0 Å². The molecule has 3 nitrogen and oxygen atoms in total. The van der Waals surface area contributed by atoms with E-state index in [1.165, 1.54) is 20.8 Å². The van der Waals surface area contributed by atoms with Crippen molar-refractivity contribution in [2.24, 2.45) is 5.73 Å². The fraction of sp³-hybridized carbons (Fsp3) is 0.714. The highest BCUT2D eigenvalue weighted by molar-refractivity contribution is 14.2. The summed E-state index contributed by atoms with van der Waals surface area (Å²) in [5.74, 6) is 0. The zero-order chi connectivity index (χ0) is 9.99. The van der Waals surface area contributed by atoms with E-state index in [1.807, 2.05) is 0 Å². The first-order chi connectivity index (χ1) is 5.23. The molecule has 1 amide bonds. The van der Waals surface area contributed by atoms with E-state index in [0.29, 0.717) is 0 Å². The summed E-state index contributed by atoms with van der Waals surface area (Å²) < 4.78 is 20.2. The molecule has 0 aromatic rings. The zero-order valence-corrected chi connectivity index (χ0v) is 9.51. The molecule has 1 atom stereocenters. The summed E-state index contributed by atoms with van der Waals surface area (Å²) in [6, 6.07) is 0. The van der Waals surface area contributed by atoms with Crippen molar-refractivity contribution in [3.05, 3.63) is 0 Å². The predicted octanol–water partition coefficient (Wildman–Crippen LogP) is 1.95. The molecule has 0 aliphatic rings. The minimum Gasteiger partial charge on any atom is -0.439 e. The molecule has 0 rings (SSSR count). The van der Waals surface area contributed by atoms with Crippen LogP contribution in [-0.4, -0.2) is 19.9 Å². The molecule has 0 aliphatic carbocycles. The molecule has 12 heavy (non-hydrogen) atoms. The fourth-order valence-electron chi connectivity index (χ4n) is 0.502. The Bertz CT molecular complexity index is 204. The monoisotopic (exact) mass is 289 g/mol. The molecule has 1 unspecified atom stereocenters. The van der Waals surface area contributed by atoms with E-state index in [1.54, 1.807) is 0 Å². The first-order valence-corrected chi connectivity index (χ1v) is 5.90. The lowest BCUT2D eigenvalue weighted by molar-refractivity contribution is -0.0178. The maximum Gasteiger partial charge on any atom is 0.405 e. The highest BCUT2D eigenvalue weighted by Crippen LogP contribution is 2.38. The number of nitrogens with two attached hydrogens (primary N) is 1. The predicted molar refractivity (Wildman–Crippen MR) is 55.4 cm³/mol. The van der Waals surface area contributed by atoms with Gasteiger partial charge in [0.05, 0.1) is 0 Å². The third-order valence-corrected chi connectivity index (χ3v) is 4.40. The summed E-state index contributed by atoms with van der Waals surface area (Å²) in [6.45, 7) is 4.35. The second-order valence-corrected chi connectivity index (χ2v) is 5.74. The molecule has 0 spiro atoms. The molecule has 0 aliphatic heterocycles.